The van der Waals surface area contributed by atoms with Crippen LogP contribution in [-0.4, -0.2) is 38.8 Å². The Morgan fingerprint density at radius 2 is 1.86 bits per heavy atom. The molecule has 1 aliphatic rings. The van der Waals surface area contributed by atoms with Crippen LogP contribution < -0.4 is 5.56 Å². The number of nitrogens with zero attached hydrogens (tertiary/aromatic N) is 3. The Hall–Kier alpha value is -2.66. The molecule has 0 aliphatic carbocycles. The summed E-state index contributed by atoms with van der Waals surface area (Å²) < 4.78 is 45.0. The van der Waals surface area contributed by atoms with Gasteiger partial charge in [0.1, 0.15) is 0 Å². The maximum absolute atomic E-state index is 12.8. The molecule has 1 N–H and O–H groups in total. The first-order chi connectivity index (χ1) is 16.8. The molecule has 0 spiro atoms. The number of hydrogen-bond donors (Lipinski definition) is 1. The zero-order chi connectivity index (χ0) is 24.6. The third-order valence-corrected chi connectivity index (χ3v) is 14.0. The summed E-state index contributed by atoms with van der Waals surface area (Å²) in [6.45, 7) is 1.17. The standard InChI is InChI=1S/C26H25F3IN3O2/c27-26(28,29)21-5-3-18(4-6-21)19-9-12-32(25(35)15-19)23-7-8-24-20(14-23)16-31-33(24)13-11-30-10-1-2-22(30)17-34/h3-9,12,14-16,22,34H,1-2,10-11,13,17H2/t22-/m1/s1. The van der Waals surface area contributed by atoms with Gasteiger partial charge in [0.15, 0.2) is 0 Å². The number of halogens is 4. The minimum absolute atomic E-state index is 0.266. The van der Waals surface area contributed by atoms with E-state index in [1.807, 2.05) is 29.1 Å². The monoisotopic (exact) mass is 595 g/mol. The Kier molecular flexibility index (Phi) is 6.71. The SMILES string of the molecule is O=c1cc(-c2ccc(C(F)(F)F)cc2)ccn1-c1ccc2c(cnn2CCI2CCC[C@@H]2CO)c1. The Balaban J connectivity index is 1.35. The predicted molar refractivity (Wildman–Crippen MR) is 140 cm³/mol. The van der Waals surface area contributed by atoms with Crippen molar-refractivity contribution < 1.29 is 18.3 Å². The molecule has 0 bridgehead atoms. The Morgan fingerprint density at radius 1 is 1.06 bits per heavy atom. The summed E-state index contributed by atoms with van der Waals surface area (Å²) in [6, 6.07) is 13.7. The van der Waals surface area contributed by atoms with Crippen molar-refractivity contribution in [2.24, 2.45) is 0 Å². The van der Waals surface area contributed by atoms with Gasteiger partial charge in [0.2, 0.25) is 0 Å². The molecule has 0 amide bonds. The van der Waals surface area contributed by atoms with Crippen LogP contribution in [0.15, 0.2) is 71.8 Å². The molecule has 2 aromatic heterocycles. The second-order valence-corrected chi connectivity index (χ2v) is 15.4. The molecule has 184 valence electrons. The summed E-state index contributed by atoms with van der Waals surface area (Å²) in [5, 5.41) is 15.1. The molecule has 0 radical (unpaired) electrons. The topological polar surface area (TPSA) is 60.0 Å². The molecular formula is C26H25F3IN3O2. The molecular weight excluding hydrogens is 570 g/mol. The number of hydrogen-bond acceptors (Lipinski definition) is 3. The van der Waals surface area contributed by atoms with Gasteiger partial charge in [-0.2, -0.15) is 13.2 Å². The van der Waals surface area contributed by atoms with Crippen molar-refractivity contribution in [3.63, 3.8) is 0 Å². The van der Waals surface area contributed by atoms with Crippen molar-refractivity contribution in [3.8, 4) is 16.8 Å². The molecule has 1 aliphatic heterocycles. The van der Waals surface area contributed by atoms with E-state index in [9.17, 15) is 23.1 Å². The van der Waals surface area contributed by atoms with E-state index in [0.29, 0.717) is 27.3 Å². The zero-order valence-corrected chi connectivity index (χ0v) is 21.0. The molecule has 2 aromatic carbocycles. The molecule has 5 rings (SSSR count). The third kappa shape index (κ3) is 5.02. The molecule has 0 unspecified atom stereocenters. The van der Waals surface area contributed by atoms with E-state index in [0.717, 1.165) is 40.4 Å². The second kappa shape index (κ2) is 9.77. The fourth-order valence-electron chi connectivity index (χ4n) is 4.53. The third-order valence-electron chi connectivity index (χ3n) is 6.44. The first-order valence-electron chi connectivity index (χ1n) is 11.4. The van der Waals surface area contributed by atoms with Crippen molar-refractivity contribution in [2.75, 3.05) is 15.5 Å². The number of fused-ring (bicyclic) bond motifs is 1. The molecule has 4 aromatic rings. The Morgan fingerprint density at radius 3 is 2.57 bits per heavy atom. The van der Waals surface area contributed by atoms with Gasteiger partial charge in [-0.3, -0.25) is 0 Å². The molecule has 0 saturated carbocycles. The van der Waals surface area contributed by atoms with Gasteiger partial charge in [-0.05, 0) is 12.1 Å². The van der Waals surface area contributed by atoms with Gasteiger partial charge in [0.05, 0.1) is 5.56 Å². The van der Waals surface area contributed by atoms with Gasteiger partial charge < -0.3 is 0 Å². The van der Waals surface area contributed by atoms with E-state index in [2.05, 4.69) is 5.10 Å². The van der Waals surface area contributed by atoms with Crippen LogP contribution in [0, 0.1) is 0 Å². The Bertz CT molecular complexity index is 1400. The van der Waals surface area contributed by atoms with Crippen LogP contribution in [-0.2, 0) is 12.7 Å². The van der Waals surface area contributed by atoms with Gasteiger partial charge in [-0.1, -0.05) is 12.1 Å². The van der Waals surface area contributed by atoms with Crippen molar-refractivity contribution in [1.29, 1.82) is 0 Å². The number of benzene rings is 2. The fourth-order valence-corrected chi connectivity index (χ4v) is 11.2. The molecule has 35 heavy (non-hydrogen) atoms. The van der Waals surface area contributed by atoms with Gasteiger partial charge >= 0.3 is 165 Å². The van der Waals surface area contributed by atoms with Crippen LogP contribution in [0.1, 0.15) is 18.4 Å². The normalized spacial score (nSPS) is 17.4. The average Bonchev–Trinajstić information content (AvgIpc) is 3.48. The second-order valence-electron chi connectivity index (χ2n) is 8.61. The van der Waals surface area contributed by atoms with Crippen LogP contribution in [0.4, 0.5) is 13.2 Å². The molecule has 5 nitrogen and oxygen atoms in total. The molecule has 3 heterocycles. The molecule has 1 atom stereocenters. The van der Waals surface area contributed by atoms with Crippen molar-refractivity contribution in [2.45, 2.75) is 29.5 Å². The van der Waals surface area contributed by atoms with E-state index in [1.54, 1.807) is 12.3 Å². The molecule has 9 heteroatoms. The average molecular weight is 595 g/mol. The minimum atomic E-state index is -4.39. The van der Waals surface area contributed by atoms with E-state index in [-0.39, 0.29) is 5.56 Å². The number of aliphatic hydroxyl groups is 1. The summed E-state index contributed by atoms with van der Waals surface area (Å²) in [4.78, 5) is 12.8. The van der Waals surface area contributed by atoms with Crippen LogP contribution in [0.2, 0.25) is 0 Å². The van der Waals surface area contributed by atoms with Crippen LogP contribution in [0.25, 0.3) is 27.7 Å². The van der Waals surface area contributed by atoms with Crippen LogP contribution in [0.3, 0.4) is 0 Å². The summed E-state index contributed by atoms with van der Waals surface area (Å²) in [6.07, 6.45) is 1.46. The quantitative estimate of drug-likeness (QED) is 0.236. The number of aliphatic hydroxyl groups excluding tert-OH is 1. The molecule has 1 fully saturated rings. The summed E-state index contributed by atoms with van der Waals surface area (Å²) in [5.41, 5.74) is 1.84. The van der Waals surface area contributed by atoms with Crippen molar-refractivity contribution in [3.05, 3.63) is 82.9 Å². The zero-order valence-electron chi connectivity index (χ0n) is 18.9. The molecule has 1 saturated heterocycles. The predicted octanol–water partition coefficient (Wildman–Crippen LogP) is 5.53. The van der Waals surface area contributed by atoms with Gasteiger partial charge in [-0.15, -0.1) is 0 Å². The van der Waals surface area contributed by atoms with E-state index in [4.69, 9.17) is 0 Å². The number of aryl methyl sites for hydroxylation is 1. The van der Waals surface area contributed by atoms with Crippen LogP contribution >= 0.6 is 19.8 Å². The first-order valence-corrected chi connectivity index (χ1v) is 15.7. The summed E-state index contributed by atoms with van der Waals surface area (Å²) in [5.74, 6) is 0. The number of pyridine rings is 1. The van der Waals surface area contributed by atoms with E-state index >= 15 is 0 Å². The summed E-state index contributed by atoms with van der Waals surface area (Å²) >= 11 is -1.13. The van der Waals surface area contributed by atoms with Gasteiger partial charge in [-0.25, -0.2) is 0 Å². The summed E-state index contributed by atoms with van der Waals surface area (Å²) in [7, 11) is 0. The van der Waals surface area contributed by atoms with E-state index < -0.39 is 31.6 Å². The number of aromatic nitrogens is 3. The number of rotatable bonds is 6. The van der Waals surface area contributed by atoms with Crippen LogP contribution in [0.5, 0.6) is 0 Å². The van der Waals surface area contributed by atoms with Crippen molar-refractivity contribution >= 4 is 30.7 Å². The van der Waals surface area contributed by atoms with Crippen molar-refractivity contribution in [1.82, 2.24) is 14.3 Å². The maximum atomic E-state index is 12.8. The fraction of sp³-hybridized carbons (Fsp3) is 0.308. The van der Waals surface area contributed by atoms with Gasteiger partial charge in [0, 0.05) is 0 Å². The Labute approximate surface area is 207 Å². The van der Waals surface area contributed by atoms with E-state index in [1.165, 1.54) is 33.6 Å². The first kappa shape index (κ1) is 24.1. The van der Waals surface area contributed by atoms with Gasteiger partial charge in [0.25, 0.3) is 0 Å². The number of alkyl halides is 6.